The highest BCUT2D eigenvalue weighted by Crippen LogP contribution is 2.35. The van der Waals surface area contributed by atoms with E-state index in [4.69, 9.17) is 4.74 Å². The molecule has 5 heteroatoms. The Kier molecular flexibility index (Phi) is 3.65. The second-order valence-corrected chi connectivity index (χ2v) is 4.16. The molecular formula is C10H10BrF3O. The smallest absolute Gasteiger partial charge is 0.416 e. The summed E-state index contributed by atoms with van der Waals surface area (Å²) in [5, 5.41) is 0. The molecule has 0 amide bonds. The van der Waals surface area contributed by atoms with Crippen LogP contribution < -0.4 is 4.74 Å². The summed E-state index contributed by atoms with van der Waals surface area (Å²) in [6.07, 6.45) is -4.50. The maximum absolute atomic E-state index is 12.4. The zero-order valence-corrected chi connectivity index (χ0v) is 9.82. The van der Waals surface area contributed by atoms with Gasteiger partial charge in [0.2, 0.25) is 0 Å². The van der Waals surface area contributed by atoms with Crippen LogP contribution >= 0.6 is 15.9 Å². The molecule has 0 aliphatic heterocycles. The maximum Gasteiger partial charge on any atom is 0.416 e. The van der Waals surface area contributed by atoms with Crippen LogP contribution in [0.3, 0.4) is 0 Å². The first-order chi connectivity index (χ1) is 6.80. The van der Waals surface area contributed by atoms with Gasteiger partial charge in [0.25, 0.3) is 0 Å². The molecule has 0 spiro atoms. The molecule has 1 aromatic carbocycles. The van der Waals surface area contributed by atoms with E-state index in [1.807, 2.05) is 0 Å². The number of benzene rings is 1. The van der Waals surface area contributed by atoms with Gasteiger partial charge in [0.15, 0.2) is 0 Å². The molecule has 0 N–H and O–H groups in total. The summed E-state index contributed by atoms with van der Waals surface area (Å²) in [5.41, 5.74) is -0.707. The molecule has 0 saturated carbocycles. The number of halogens is 4. The first-order valence-corrected chi connectivity index (χ1v) is 5.13. The summed E-state index contributed by atoms with van der Waals surface area (Å²) in [6, 6.07) is 3.34. The monoisotopic (exact) mass is 282 g/mol. The maximum atomic E-state index is 12.4. The molecule has 0 atom stereocenters. The van der Waals surface area contributed by atoms with Crippen LogP contribution in [0.4, 0.5) is 13.2 Å². The molecule has 0 aliphatic carbocycles. The van der Waals surface area contributed by atoms with Gasteiger partial charge < -0.3 is 4.74 Å². The molecule has 84 valence electrons. The Morgan fingerprint density at radius 1 is 1.27 bits per heavy atom. The average molecular weight is 283 g/mol. The normalized spacial score (nSPS) is 11.9. The molecule has 0 fully saturated rings. The molecule has 1 aromatic rings. The largest absolute Gasteiger partial charge is 0.490 e. The highest BCUT2D eigenvalue weighted by Gasteiger charge is 2.31. The second-order valence-electron chi connectivity index (χ2n) is 3.31. The number of hydrogen-bond acceptors (Lipinski definition) is 1. The van der Waals surface area contributed by atoms with Crippen molar-refractivity contribution in [3.8, 4) is 5.75 Å². The van der Waals surface area contributed by atoms with Crippen molar-refractivity contribution in [2.24, 2.45) is 0 Å². The van der Waals surface area contributed by atoms with Gasteiger partial charge in [-0.25, -0.2) is 0 Å². The van der Waals surface area contributed by atoms with Crippen LogP contribution in [0.25, 0.3) is 0 Å². The summed E-state index contributed by atoms with van der Waals surface area (Å²) in [5.74, 6) is 0.208. The minimum atomic E-state index is -4.34. The number of rotatable bonds is 2. The zero-order valence-electron chi connectivity index (χ0n) is 8.23. The molecule has 0 aromatic heterocycles. The van der Waals surface area contributed by atoms with Crippen LogP contribution in [-0.4, -0.2) is 6.10 Å². The molecule has 1 rings (SSSR count). The quantitative estimate of drug-likeness (QED) is 0.788. The van der Waals surface area contributed by atoms with Crippen molar-refractivity contribution in [2.45, 2.75) is 26.1 Å². The fourth-order valence-electron chi connectivity index (χ4n) is 1.02. The number of ether oxygens (including phenoxy) is 1. The molecule has 0 radical (unpaired) electrons. The zero-order chi connectivity index (χ0) is 11.6. The van der Waals surface area contributed by atoms with Crippen molar-refractivity contribution >= 4 is 15.9 Å². The van der Waals surface area contributed by atoms with Gasteiger partial charge in [0.05, 0.1) is 16.1 Å². The lowest BCUT2D eigenvalue weighted by molar-refractivity contribution is -0.137. The van der Waals surface area contributed by atoms with Crippen molar-refractivity contribution < 1.29 is 17.9 Å². The highest BCUT2D eigenvalue weighted by atomic mass is 79.9. The lowest BCUT2D eigenvalue weighted by Crippen LogP contribution is -2.09. The van der Waals surface area contributed by atoms with E-state index >= 15 is 0 Å². The van der Waals surface area contributed by atoms with Gasteiger partial charge in [-0.05, 0) is 48.0 Å². The van der Waals surface area contributed by atoms with E-state index in [0.717, 1.165) is 12.1 Å². The van der Waals surface area contributed by atoms with Crippen LogP contribution in [0.1, 0.15) is 19.4 Å². The van der Waals surface area contributed by atoms with Gasteiger partial charge in [0.1, 0.15) is 5.75 Å². The Morgan fingerprint density at radius 3 is 2.33 bits per heavy atom. The van der Waals surface area contributed by atoms with Gasteiger partial charge in [-0.3, -0.25) is 0 Å². The predicted octanol–water partition coefficient (Wildman–Crippen LogP) is 4.26. The van der Waals surface area contributed by atoms with E-state index in [-0.39, 0.29) is 11.9 Å². The van der Waals surface area contributed by atoms with Crippen molar-refractivity contribution in [3.05, 3.63) is 28.2 Å². The molecule has 0 saturated heterocycles. The predicted molar refractivity (Wildman–Crippen MR) is 54.9 cm³/mol. The number of alkyl halides is 3. The van der Waals surface area contributed by atoms with Crippen LogP contribution in [0.5, 0.6) is 5.75 Å². The third kappa shape index (κ3) is 3.41. The number of hydrogen-bond donors (Lipinski definition) is 0. The molecule has 0 unspecified atom stereocenters. The SMILES string of the molecule is CC(C)Oc1cc(C(F)(F)F)ccc1Br. The lowest BCUT2D eigenvalue weighted by atomic mass is 10.2. The molecule has 1 nitrogen and oxygen atoms in total. The Bertz CT molecular complexity index is 347. The average Bonchev–Trinajstić information content (AvgIpc) is 2.06. The van der Waals surface area contributed by atoms with Gasteiger partial charge in [-0.1, -0.05) is 0 Å². The summed E-state index contributed by atoms with van der Waals surface area (Å²) < 4.78 is 42.9. The topological polar surface area (TPSA) is 9.23 Å². The molecule has 0 aliphatic rings. The summed E-state index contributed by atoms with van der Waals surface area (Å²) in [7, 11) is 0. The highest BCUT2D eigenvalue weighted by molar-refractivity contribution is 9.10. The van der Waals surface area contributed by atoms with Crippen LogP contribution in [0, 0.1) is 0 Å². The Balaban J connectivity index is 3.06. The third-order valence-electron chi connectivity index (χ3n) is 1.62. The fourth-order valence-corrected chi connectivity index (χ4v) is 1.36. The Labute approximate surface area is 94.4 Å². The molecule has 0 bridgehead atoms. The summed E-state index contributed by atoms with van der Waals surface area (Å²) in [6.45, 7) is 3.51. The summed E-state index contributed by atoms with van der Waals surface area (Å²) in [4.78, 5) is 0. The van der Waals surface area contributed by atoms with Crippen molar-refractivity contribution in [1.82, 2.24) is 0 Å². The van der Waals surface area contributed by atoms with Crippen molar-refractivity contribution in [1.29, 1.82) is 0 Å². The Hall–Kier alpha value is -0.710. The van der Waals surface area contributed by atoms with Gasteiger partial charge in [-0.2, -0.15) is 13.2 Å². The van der Waals surface area contributed by atoms with Gasteiger partial charge >= 0.3 is 6.18 Å². The minimum absolute atomic E-state index is 0.162. The van der Waals surface area contributed by atoms with Crippen LogP contribution in [0.15, 0.2) is 22.7 Å². The second kappa shape index (κ2) is 4.43. The molecule has 0 heterocycles. The summed E-state index contributed by atoms with van der Waals surface area (Å²) >= 11 is 3.13. The van der Waals surface area contributed by atoms with Gasteiger partial charge in [0, 0.05) is 0 Å². The van der Waals surface area contributed by atoms with E-state index in [0.29, 0.717) is 4.47 Å². The third-order valence-corrected chi connectivity index (χ3v) is 2.28. The standard InChI is InChI=1S/C10H10BrF3O/c1-6(2)15-9-5-7(10(12,13)14)3-4-8(9)11/h3-6H,1-2H3. The van der Waals surface area contributed by atoms with E-state index in [1.54, 1.807) is 13.8 Å². The first-order valence-electron chi connectivity index (χ1n) is 4.34. The lowest BCUT2D eigenvalue weighted by Gasteiger charge is -2.14. The molecule has 15 heavy (non-hydrogen) atoms. The fraction of sp³-hybridized carbons (Fsp3) is 0.400. The van der Waals surface area contributed by atoms with E-state index < -0.39 is 11.7 Å². The molecular weight excluding hydrogens is 273 g/mol. The first kappa shape index (κ1) is 12.4. The van der Waals surface area contributed by atoms with E-state index in [2.05, 4.69) is 15.9 Å². The van der Waals surface area contributed by atoms with E-state index in [9.17, 15) is 13.2 Å². The van der Waals surface area contributed by atoms with Crippen LogP contribution in [0.2, 0.25) is 0 Å². The van der Waals surface area contributed by atoms with E-state index in [1.165, 1.54) is 6.07 Å². The van der Waals surface area contributed by atoms with Crippen LogP contribution in [-0.2, 0) is 6.18 Å². The van der Waals surface area contributed by atoms with Gasteiger partial charge in [-0.15, -0.1) is 0 Å². The van der Waals surface area contributed by atoms with Crippen molar-refractivity contribution in [2.75, 3.05) is 0 Å². The van der Waals surface area contributed by atoms with Crippen molar-refractivity contribution in [3.63, 3.8) is 0 Å². The minimum Gasteiger partial charge on any atom is -0.490 e. The Morgan fingerprint density at radius 2 is 1.87 bits per heavy atom.